The van der Waals surface area contributed by atoms with Crippen molar-refractivity contribution in [2.75, 3.05) is 6.61 Å². The highest BCUT2D eigenvalue weighted by atomic mass is 35.5. The van der Waals surface area contributed by atoms with Gasteiger partial charge in [0.2, 0.25) is 0 Å². The Morgan fingerprint density at radius 2 is 2.22 bits per heavy atom. The number of carbonyl (C=O) groups is 1. The van der Waals surface area contributed by atoms with Gasteiger partial charge in [-0.05, 0) is 33.3 Å². The Kier molecular flexibility index (Phi) is 4.82. The zero-order valence-electron chi connectivity index (χ0n) is 11.3. The van der Waals surface area contributed by atoms with E-state index in [1.165, 1.54) is 0 Å². The van der Waals surface area contributed by atoms with E-state index in [1.807, 2.05) is 32.3 Å². The molecule has 0 aliphatic rings. The summed E-state index contributed by atoms with van der Waals surface area (Å²) in [6, 6.07) is 1.80. The molecule has 0 saturated heterocycles. The molecular weight excluding hydrogens is 252 g/mol. The van der Waals surface area contributed by atoms with Gasteiger partial charge in [-0.1, -0.05) is 18.5 Å². The normalized spacial score (nSPS) is 14.6. The van der Waals surface area contributed by atoms with E-state index in [-0.39, 0.29) is 18.6 Å². The van der Waals surface area contributed by atoms with Gasteiger partial charge in [-0.3, -0.25) is 4.79 Å². The fourth-order valence-corrected chi connectivity index (χ4v) is 1.84. The summed E-state index contributed by atoms with van der Waals surface area (Å²) in [5.41, 5.74) is -0.0848. The Morgan fingerprint density at radius 1 is 1.61 bits per heavy atom. The molecule has 2 N–H and O–H groups in total. The molecule has 0 aliphatic carbocycles. The van der Waals surface area contributed by atoms with E-state index in [2.05, 4.69) is 5.32 Å². The minimum atomic E-state index is -0.602. The molecule has 0 aromatic carbocycles. The summed E-state index contributed by atoms with van der Waals surface area (Å²) >= 11 is 5.94. The van der Waals surface area contributed by atoms with Crippen molar-refractivity contribution in [1.82, 2.24) is 9.88 Å². The van der Waals surface area contributed by atoms with Gasteiger partial charge in [-0.25, -0.2) is 0 Å². The quantitative estimate of drug-likeness (QED) is 0.866. The van der Waals surface area contributed by atoms with Crippen LogP contribution in [0, 0.1) is 0 Å². The second-order valence-corrected chi connectivity index (χ2v) is 5.51. The molecule has 18 heavy (non-hydrogen) atoms. The van der Waals surface area contributed by atoms with Gasteiger partial charge in [0.15, 0.2) is 0 Å². The first kappa shape index (κ1) is 15.1. The van der Waals surface area contributed by atoms with Crippen LogP contribution in [0.25, 0.3) is 0 Å². The largest absolute Gasteiger partial charge is 0.394 e. The predicted octanol–water partition coefficient (Wildman–Crippen LogP) is 2.61. The summed E-state index contributed by atoms with van der Waals surface area (Å²) in [6.45, 7) is 7.61. The van der Waals surface area contributed by atoms with Gasteiger partial charge in [0, 0.05) is 12.2 Å². The third-order valence-electron chi connectivity index (χ3n) is 3.15. The first-order valence-corrected chi connectivity index (χ1v) is 6.51. The van der Waals surface area contributed by atoms with Gasteiger partial charge in [0.25, 0.3) is 5.91 Å². The van der Waals surface area contributed by atoms with Crippen LogP contribution in [-0.4, -0.2) is 27.7 Å². The Balaban J connectivity index is 2.97. The molecule has 1 heterocycles. The van der Waals surface area contributed by atoms with E-state index in [0.29, 0.717) is 17.1 Å². The summed E-state index contributed by atoms with van der Waals surface area (Å²) in [5, 5.41) is 12.7. The molecule has 4 nitrogen and oxygen atoms in total. The molecular formula is C13H21ClN2O2. The Morgan fingerprint density at radius 3 is 2.67 bits per heavy atom. The van der Waals surface area contributed by atoms with Crippen molar-refractivity contribution in [3.05, 3.63) is 23.0 Å². The zero-order chi connectivity index (χ0) is 13.9. The fraction of sp³-hybridized carbons (Fsp3) is 0.615. The average Bonchev–Trinajstić information content (AvgIpc) is 2.71. The predicted molar refractivity (Wildman–Crippen MR) is 73.1 cm³/mol. The number of halogens is 1. The molecule has 1 unspecified atom stereocenters. The molecule has 0 fully saturated rings. The van der Waals surface area contributed by atoms with Gasteiger partial charge < -0.3 is 15.0 Å². The molecule has 1 rings (SSSR count). The lowest BCUT2D eigenvalue weighted by Gasteiger charge is -2.27. The number of rotatable bonds is 5. The number of carbonyl (C=O) groups excluding carboxylic acids is 1. The van der Waals surface area contributed by atoms with E-state index < -0.39 is 5.54 Å². The number of aliphatic hydroxyl groups excluding tert-OH is 1. The lowest BCUT2D eigenvalue weighted by atomic mass is 10.00. The molecule has 1 aromatic rings. The summed E-state index contributed by atoms with van der Waals surface area (Å²) in [4.78, 5) is 12.2. The fourth-order valence-electron chi connectivity index (χ4n) is 1.63. The topological polar surface area (TPSA) is 54.3 Å². The highest BCUT2D eigenvalue weighted by Gasteiger charge is 2.25. The number of hydrogen-bond donors (Lipinski definition) is 2. The number of nitrogens with one attached hydrogen (secondary N) is 1. The van der Waals surface area contributed by atoms with Crippen molar-refractivity contribution in [3.63, 3.8) is 0 Å². The van der Waals surface area contributed by atoms with Gasteiger partial charge in [0.05, 0.1) is 17.2 Å². The molecule has 5 heteroatoms. The highest BCUT2D eigenvalue weighted by Crippen LogP contribution is 2.20. The summed E-state index contributed by atoms with van der Waals surface area (Å²) in [6.07, 6.45) is 2.40. The maximum atomic E-state index is 12.2. The maximum Gasteiger partial charge on any atom is 0.268 e. The average molecular weight is 273 g/mol. The second-order valence-electron chi connectivity index (χ2n) is 5.07. The third kappa shape index (κ3) is 3.27. The van der Waals surface area contributed by atoms with Crippen molar-refractivity contribution < 1.29 is 9.90 Å². The Bertz CT molecular complexity index is 423. The summed E-state index contributed by atoms with van der Waals surface area (Å²) < 4.78 is 1.82. The van der Waals surface area contributed by atoms with Crippen molar-refractivity contribution >= 4 is 17.5 Å². The molecule has 0 aliphatic heterocycles. The van der Waals surface area contributed by atoms with Crippen LogP contribution in [0.3, 0.4) is 0 Å². The van der Waals surface area contributed by atoms with E-state index in [9.17, 15) is 9.90 Å². The summed E-state index contributed by atoms with van der Waals surface area (Å²) in [5.74, 6) is -0.214. The van der Waals surface area contributed by atoms with Crippen LogP contribution in [-0.2, 0) is 0 Å². The second kappa shape index (κ2) is 5.76. The van der Waals surface area contributed by atoms with Crippen LogP contribution in [0.2, 0.25) is 5.02 Å². The van der Waals surface area contributed by atoms with Crippen LogP contribution in [0.4, 0.5) is 0 Å². The van der Waals surface area contributed by atoms with Crippen molar-refractivity contribution in [2.24, 2.45) is 0 Å². The van der Waals surface area contributed by atoms with E-state index in [1.54, 1.807) is 12.3 Å². The van der Waals surface area contributed by atoms with Gasteiger partial charge in [-0.15, -0.1) is 0 Å². The minimum Gasteiger partial charge on any atom is -0.394 e. The third-order valence-corrected chi connectivity index (χ3v) is 3.36. The van der Waals surface area contributed by atoms with Crippen molar-refractivity contribution in [1.29, 1.82) is 0 Å². The lowest BCUT2D eigenvalue weighted by molar-refractivity contribution is 0.0836. The molecule has 1 aromatic heterocycles. The van der Waals surface area contributed by atoms with E-state index in [0.717, 1.165) is 0 Å². The van der Waals surface area contributed by atoms with Crippen molar-refractivity contribution in [3.8, 4) is 0 Å². The van der Waals surface area contributed by atoms with Crippen LogP contribution < -0.4 is 5.32 Å². The Hall–Kier alpha value is -1.00. The SMILES string of the molecule is CCC(C)(CO)NC(=O)c1cc(Cl)cn1C(C)C. The first-order valence-electron chi connectivity index (χ1n) is 6.13. The number of aliphatic hydroxyl groups is 1. The number of amides is 1. The molecule has 0 saturated carbocycles. The van der Waals surface area contributed by atoms with Crippen LogP contribution in [0.15, 0.2) is 12.3 Å². The van der Waals surface area contributed by atoms with E-state index >= 15 is 0 Å². The van der Waals surface area contributed by atoms with Crippen LogP contribution in [0.5, 0.6) is 0 Å². The Labute approximate surface area is 113 Å². The monoisotopic (exact) mass is 272 g/mol. The number of hydrogen-bond acceptors (Lipinski definition) is 2. The molecule has 1 amide bonds. The zero-order valence-corrected chi connectivity index (χ0v) is 12.1. The molecule has 1 atom stereocenters. The van der Waals surface area contributed by atoms with Gasteiger partial charge >= 0.3 is 0 Å². The lowest BCUT2D eigenvalue weighted by Crippen LogP contribution is -2.48. The molecule has 102 valence electrons. The highest BCUT2D eigenvalue weighted by molar-refractivity contribution is 6.31. The molecule has 0 spiro atoms. The number of aromatic nitrogens is 1. The van der Waals surface area contributed by atoms with Crippen molar-refractivity contribution in [2.45, 2.75) is 45.7 Å². The minimum absolute atomic E-state index is 0.0919. The number of nitrogens with zero attached hydrogens (tertiary/aromatic N) is 1. The standard InChI is InChI=1S/C13H21ClN2O2/c1-5-13(4,8-17)15-12(18)11-6-10(14)7-16(11)9(2)3/h6-7,9,17H,5,8H2,1-4H3,(H,15,18). The molecule has 0 bridgehead atoms. The van der Waals surface area contributed by atoms with Crippen LogP contribution in [0.1, 0.15) is 50.6 Å². The van der Waals surface area contributed by atoms with Gasteiger partial charge in [0.1, 0.15) is 5.69 Å². The smallest absolute Gasteiger partial charge is 0.268 e. The maximum absolute atomic E-state index is 12.2. The van der Waals surface area contributed by atoms with Crippen LogP contribution >= 0.6 is 11.6 Å². The molecule has 0 radical (unpaired) electrons. The summed E-state index contributed by atoms with van der Waals surface area (Å²) in [7, 11) is 0. The van der Waals surface area contributed by atoms with Gasteiger partial charge in [-0.2, -0.15) is 0 Å². The van der Waals surface area contributed by atoms with E-state index in [4.69, 9.17) is 11.6 Å². The first-order chi connectivity index (χ1) is 8.33.